The van der Waals surface area contributed by atoms with E-state index in [2.05, 4.69) is 4.98 Å². The van der Waals surface area contributed by atoms with Crippen molar-refractivity contribution in [1.82, 2.24) is 4.98 Å². The van der Waals surface area contributed by atoms with E-state index >= 15 is 0 Å². The highest BCUT2D eigenvalue weighted by molar-refractivity contribution is 5.99. The Balaban J connectivity index is 2.37. The molecule has 0 saturated carbocycles. The molecule has 0 amide bonds. The van der Waals surface area contributed by atoms with Gasteiger partial charge < -0.3 is 10.7 Å². The molecule has 124 valence electrons. The summed E-state index contributed by atoms with van der Waals surface area (Å²) in [5, 5.41) is 11.3. The summed E-state index contributed by atoms with van der Waals surface area (Å²) >= 11 is 0. The fourth-order valence-corrected chi connectivity index (χ4v) is 2.76. The largest absolute Gasteiger partial charge is 0.417 e. The Kier molecular flexibility index (Phi) is 3.76. The second kappa shape index (κ2) is 5.64. The van der Waals surface area contributed by atoms with E-state index in [1.807, 2.05) is 0 Å². The second-order valence-electron chi connectivity index (χ2n) is 5.21. The van der Waals surface area contributed by atoms with Gasteiger partial charge in [0.2, 0.25) is 0 Å². The molecule has 0 aliphatic heterocycles. The molecule has 8 heteroatoms. The zero-order valence-electron chi connectivity index (χ0n) is 12.2. The van der Waals surface area contributed by atoms with E-state index in [9.17, 15) is 23.3 Å². The number of H-pyrrole nitrogens is 1. The number of benzene rings is 2. The monoisotopic (exact) mass is 335 g/mol. The number of alkyl halides is 3. The van der Waals surface area contributed by atoms with Crippen LogP contribution in [0.4, 0.5) is 18.9 Å². The fraction of sp³-hybridized carbons (Fsp3) is 0.125. The van der Waals surface area contributed by atoms with Crippen LogP contribution in [0.3, 0.4) is 0 Å². The topological polar surface area (TPSA) is 85.0 Å². The van der Waals surface area contributed by atoms with Crippen molar-refractivity contribution in [1.29, 1.82) is 0 Å². The maximum absolute atomic E-state index is 13.3. The lowest BCUT2D eigenvalue weighted by Gasteiger charge is -2.13. The molecule has 0 aliphatic rings. The molecule has 0 aliphatic carbocycles. The number of hydrogen-bond donors (Lipinski definition) is 2. The summed E-state index contributed by atoms with van der Waals surface area (Å²) in [6, 6.07) is 9.11. The van der Waals surface area contributed by atoms with Gasteiger partial charge in [-0.25, -0.2) is 0 Å². The number of nitro groups is 1. The molecule has 0 atom stereocenters. The molecule has 24 heavy (non-hydrogen) atoms. The highest BCUT2D eigenvalue weighted by Gasteiger charge is 2.34. The van der Waals surface area contributed by atoms with Crippen LogP contribution in [0, 0.1) is 10.1 Å². The highest BCUT2D eigenvalue weighted by atomic mass is 19.4. The van der Waals surface area contributed by atoms with Crippen LogP contribution in [0.25, 0.3) is 22.0 Å². The third-order valence-corrected chi connectivity index (χ3v) is 3.78. The van der Waals surface area contributed by atoms with Gasteiger partial charge in [-0.05, 0) is 17.7 Å². The maximum Gasteiger partial charge on any atom is 0.417 e. The van der Waals surface area contributed by atoms with E-state index in [-0.39, 0.29) is 23.4 Å². The number of nitro benzene ring substituents is 1. The molecule has 3 rings (SSSR count). The van der Waals surface area contributed by atoms with Gasteiger partial charge in [0.25, 0.3) is 5.69 Å². The number of rotatable bonds is 3. The normalized spacial score (nSPS) is 11.8. The van der Waals surface area contributed by atoms with Crippen molar-refractivity contribution in [3.63, 3.8) is 0 Å². The second-order valence-corrected chi connectivity index (χ2v) is 5.21. The lowest BCUT2D eigenvalue weighted by Crippen LogP contribution is -2.08. The van der Waals surface area contributed by atoms with Gasteiger partial charge in [0.05, 0.1) is 10.5 Å². The maximum atomic E-state index is 13.3. The summed E-state index contributed by atoms with van der Waals surface area (Å²) in [5.74, 6) is 0. The standard InChI is InChI=1S/C16H12F3N3O2/c17-16(18,19)12-4-2-1-3-10(12)15-11-7-9(22(23)24)5-6-13(11)21-14(15)8-20/h1-7,21H,8,20H2. The Labute approximate surface area is 134 Å². The Morgan fingerprint density at radius 2 is 1.88 bits per heavy atom. The van der Waals surface area contributed by atoms with E-state index < -0.39 is 16.7 Å². The van der Waals surface area contributed by atoms with Crippen molar-refractivity contribution in [3.05, 3.63) is 63.8 Å². The molecule has 5 nitrogen and oxygen atoms in total. The van der Waals surface area contributed by atoms with Crippen molar-refractivity contribution in [2.45, 2.75) is 12.7 Å². The number of nitrogens with zero attached hydrogens (tertiary/aromatic N) is 1. The van der Waals surface area contributed by atoms with Crippen molar-refractivity contribution < 1.29 is 18.1 Å². The molecule has 1 aromatic heterocycles. The molecule has 0 unspecified atom stereocenters. The van der Waals surface area contributed by atoms with Gasteiger partial charge in [0.1, 0.15) is 0 Å². The van der Waals surface area contributed by atoms with Gasteiger partial charge in [-0.15, -0.1) is 0 Å². The van der Waals surface area contributed by atoms with Gasteiger partial charge in [-0.3, -0.25) is 10.1 Å². The number of hydrogen-bond acceptors (Lipinski definition) is 3. The fourth-order valence-electron chi connectivity index (χ4n) is 2.76. The zero-order valence-corrected chi connectivity index (χ0v) is 12.2. The van der Waals surface area contributed by atoms with E-state index in [1.54, 1.807) is 0 Å². The number of aromatic nitrogens is 1. The Morgan fingerprint density at radius 1 is 1.17 bits per heavy atom. The molecular weight excluding hydrogens is 323 g/mol. The molecule has 0 bridgehead atoms. The number of nitrogens with two attached hydrogens (primary N) is 1. The third kappa shape index (κ3) is 2.61. The number of halogens is 3. The van der Waals surface area contributed by atoms with Crippen molar-refractivity contribution >= 4 is 16.6 Å². The van der Waals surface area contributed by atoms with Crippen molar-refractivity contribution in [2.75, 3.05) is 0 Å². The summed E-state index contributed by atoms with van der Waals surface area (Å²) < 4.78 is 40.0. The molecular formula is C16H12F3N3O2. The van der Waals surface area contributed by atoms with E-state index in [1.165, 1.54) is 36.4 Å². The molecule has 1 heterocycles. The number of nitrogens with one attached hydrogen (secondary N) is 1. The van der Waals surface area contributed by atoms with Crippen LogP contribution in [0.5, 0.6) is 0 Å². The lowest BCUT2D eigenvalue weighted by molar-refractivity contribution is -0.384. The SMILES string of the molecule is NCc1[nH]c2ccc([N+](=O)[O-])cc2c1-c1ccccc1C(F)(F)F. The zero-order chi connectivity index (χ0) is 17.5. The minimum absolute atomic E-state index is 0.0238. The molecule has 0 fully saturated rings. The molecule has 0 saturated heterocycles. The van der Waals surface area contributed by atoms with E-state index in [0.29, 0.717) is 16.6 Å². The summed E-state index contributed by atoms with van der Waals surface area (Å²) in [7, 11) is 0. The Hall–Kier alpha value is -2.87. The predicted octanol–water partition coefficient (Wildman–Crippen LogP) is 4.22. The highest BCUT2D eigenvalue weighted by Crippen LogP contribution is 2.41. The Morgan fingerprint density at radius 3 is 2.50 bits per heavy atom. The van der Waals surface area contributed by atoms with Gasteiger partial charge in [-0.2, -0.15) is 13.2 Å². The molecule has 3 N–H and O–H groups in total. The smallest absolute Gasteiger partial charge is 0.357 e. The number of non-ortho nitro benzene ring substituents is 1. The molecule has 3 aromatic rings. The molecule has 0 spiro atoms. The summed E-state index contributed by atoms with van der Waals surface area (Å²) in [6.07, 6.45) is -4.55. The van der Waals surface area contributed by atoms with Crippen LogP contribution < -0.4 is 5.73 Å². The van der Waals surface area contributed by atoms with E-state index in [4.69, 9.17) is 5.73 Å². The minimum atomic E-state index is -4.55. The van der Waals surface area contributed by atoms with Gasteiger partial charge in [0, 0.05) is 40.8 Å². The Bertz CT molecular complexity index is 932. The molecule has 0 radical (unpaired) electrons. The number of aromatic amines is 1. The van der Waals surface area contributed by atoms with Gasteiger partial charge in [0.15, 0.2) is 0 Å². The van der Waals surface area contributed by atoms with Crippen molar-refractivity contribution in [2.24, 2.45) is 5.73 Å². The van der Waals surface area contributed by atoms with Crippen LogP contribution in [0.15, 0.2) is 42.5 Å². The lowest BCUT2D eigenvalue weighted by atomic mass is 9.96. The quantitative estimate of drug-likeness (QED) is 0.555. The van der Waals surface area contributed by atoms with Gasteiger partial charge >= 0.3 is 6.18 Å². The van der Waals surface area contributed by atoms with Gasteiger partial charge in [-0.1, -0.05) is 18.2 Å². The summed E-state index contributed by atoms with van der Waals surface area (Å²) in [6.45, 7) is -0.0238. The minimum Gasteiger partial charge on any atom is -0.357 e. The molecule has 2 aromatic carbocycles. The van der Waals surface area contributed by atoms with Crippen LogP contribution in [0.2, 0.25) is 0 Å². The average Bonchev–Trinajstić information content (AvgIpc) is 2.91. The third-order valence-electron chi connectivity index (χ3n) is 3.78. The summed E-state index contributed by atoms with van der Waals surface area (Å²) in [5.41, 5.74) is 5.72. The van der Waals surface area contributed by atoms with E-state index in [0.717, 1.165) is 6.07 Å². The van der Waals surface area contributed by atoms with Crippen LogP contribution in [-0.4, -0.2) is 9.91 Å². The van der Waals surface area contributed by atoms with Crippen LogP contribution >= 0.6 is 0 Å². The first-order valence-corrected chi connectivity index (χ1v) is 6.98. The summed E-state index contributed by atoms with van der Waals surface area (Å²) in [4.78, 5) is 13.3. The first-order valence-electron chi connectivity index (χ1n) is 6.98. The number of fused-ring (bicyclic) bond motifs is 1. The van der Waals surface area contributed by atoms with Crippen LogP contribution in [-0.2, 0) is 12.7 Å². The first kappa shape index (κ1) is 16.0. The average molecular weight is 335 g/mol. The predicted molar refractivity (Wildman–Crippen MR) is 83.3 cm³/mol. The van der Waals surface area contributed by atoms with Crippen LogP contribution in [0.1, 0.15) is 11.3 Å². The van der Waals surface area contributed by atoms with Crippen molar-refractivity contribution in [3.8, 4) is 11.1 Å². The first-order chi connectivity index (χ1) is 11.3.